The van der Waals surface area contributed by atoms with Gasteiger partial charge in [-0.15, -0.1) is 0 Å². The molecule has 0 aromatic carbocycles. The second-order valence-electron chi connectivity index (χ2n) is 2.97. The first kappa shape index (κ1) is 10.0. The highest BCUT2D eigenvalue weighted by Crippen LogP contribution is 2.18. The van der Waals surface area contributed by atoms with Crippen LogP contribution in [0.1, 0.15) is 32.3 Å². The third-order valence-electron chi connectivity index (χ3n) is 2.21. The molecule has 2 heteroatoms. The molecule has 2 radical (unpaired) electrons. The van der Waals surface area contributed by atoms with E-state index in [1.165, 1.54) is 5.57 Å². The molecule has 0 fully saturated rings. The molecule has 0 atom stereocenters. The number of rotatable bonds is 3. The fourth-order valence-electron chi connectivity index (χ4n) is 1.36. The number of hydrogen-bond acceptors (Lipinski definition) is 1. The molecule has 1 aromatic rings. The van der Waals surface area contributed by atoms with Gasteiger partial charge in [0.1, 0.15) is 7.85 Å². The fraction of sp³-hybridized carbons (Fsp3) is 0.364. The van der Waals surface area contributed by atoms with Crippen LogP contribution in [-0.2, 0) is 0 Å². The predicted molar refractivity (Wildman–Crippen MR) is 57.5 cm³/mol. The van der Waals surface area contributed by atoms with Crippen molar-refractivity contribution >= 4 is 13.3 Å². The van der Waals surface area contributed by atoms with Crippen molar-refractivity contribution in [1.82, 2.24) is 4.98 Å². The van der Waals surface area contributed by atoms with E-state index in [1.807, 2.05) is 12.1 Å². The van der Waals surface area contributed by atoms with Gasteiger partial charge in [0, 0.05) is 12.4 Å². The first-order valence-electron chi connectivity index (χ1n) is 4.67. The van der Waals surface area contributed by atoms with Crippen LogP contribution in [0.3, 0.4) is 0 Å². The van der Waals surface area contributed by atoms with Crippen molar-refractivity contribution in [2.75, 3.05) is 0 Å². The maximum atomic E-state index is 6.00. The lowest BCUT2D eigenvalue weighted by Gasteiger charge is -2.08. The molecule has 0 unspecified atom stereocenters. The topological polar surface area (TPSA) is 12.9 Å². The third-order valence-corrected chi connectivity index (χ3v) is 2.21. The summed E-state index contributed by atoms with van der Waals surface area (Å²) in [5.74, 6) is 0. The Balaban J connectivity index is 3.01. The van der Waals surface area contributed by atoms with E-state index in [1.54, 1.807) is 12.4 Å². The molecule has 66 valence electrons. The van der Waals surface area contributed by atoms with Crippen molar-refractivity contribution in [2.45, 2.75) is 26.7 Å². The third kappa shape index (κ3) is 2.45. The van der Waals surface area contributed by atoms with Crippen LogP contribution in [0.4, 0.5) is 0 Å². The van der Waals surface area contributed by atoms with E-state index in [-0.39, 0.29) is 0 Å². The van der Waals surface area contributed by atoms with Gasteiger partial charge in [-0.25, -0.2) is 0 Å². The lowest BCUT2D eigenvalue weighted by Crippen LogP contribution is -1.91. The van der Waals surface area contributed by atoms with Gasteiger partial charge in [-0.05, 0) is 24.5 Å². The summed E-state index contributed by atoms with van der Waals surface area (Å²) in [6.07, 6.45) is 5.59. The van der Waals surface area contributed by atoms with E-state index in [4.69, 9.17) is 7.85 Å². The van der Waals surface area contributed by atoms with Crippen molar-refractivity contribution in [3.05, 3.63) is 35.7 Å². The molecule has 1 heterocycles. The Hall–Kier alpha value is -1.05. The Labute approximate surface area is 81.3 Å². The van der Waals surface area contributed by atoms with Gasteiger partial charge in [0.2, 0.25) is 0 Å². The summed E-state index contributed by atoms with van der Waals surface area (Å²) in [4.78, 5) is 4.04. The zero-order valence-corrected chi connectivity index (χ0v) is 8.25. The van der Waals surface area contributed by atoms with E-state index >= 15 is 0 Å². The largest absolute Gasteiger partial charge is 0.264 e. The Morgan fingerprint density at radius 1 is 1.38 bits per heavy atom. The zero-order valence-electron chi connectivity index (χ0n) is 8.25. The minimum atomic E-state index is 0.887. The summed E-state index contributed by atoms with van der Waals surface area (Å²) < 4.78 is 0. The van der Waals surface area contributed by atoms with Crippen molar-refractivity contribution in [2.24, 2.45) is 0 Å². The molecule has 1 nitrogen and oxygen atoms in total. The van der Waals surface area contributed by atoms with Crippen LogP contribution in [0.5, 0.6) is 0 Å². The van der Waals surface area contributed by atoms with Crippen LogP contribution in [0.15, 0.2) is 30.1 Å². The number of nitrogens with zero attached hydrogens (tertiary/aromatic N) is 1. The molecule has 0 aliphatic rings. The standard InChI is InChI=1S/C11H14BN/c1-3-9(4-2)11(12)10-6-5-7-13-8-10/h5-8H,3-4H2,1-2H3. The highest BCUT2D eigenvalue weighted by molar-refractivity contribution is 6.42. The monoisotopic (exact) mass is 171 g/mol. The number of allylic oxidation sites excluding steroid dienone is 1. The Morgan fingerprint density at radius 3 is 2.54 bits per heavy atom. The van der Waals surface area contributed by atoms with Crippen LogP contribution in [0, 0.1) is 0 Å². The molecule has 13 heavy (non-hydrogen) atoms. The SMILES string of the molecule is [B]C(=C(CC)CC)c1cccnc1. The van der Waals surface area contributed by atoms with Gasteiger partial charge in [0.25, 0.3) is 0 Å². The molecule has 0 aliphatic carbocycles. The van der Waals surface area contributed by atoms with Gasteiger partial charge in [-0.3, -0.25) is 4.98 Å². The van der Waals surface area contributed by atoms with Crippen LogP contribution in [0.2, 0.25) is 0 Å². The molecule has 1 aromatic heterocycles. The van der Waals surface area contributed by atoms with Gasteiger partial charge in [-0.2, -0.15) is 0 Å². The average molecular weight is 171 g/mol. The lowest BCUT2D eigenvalue weighted by molar-refractivity contribution is 0.986. The van der Waals surface area contributed by atoms with Crippen molar-refractivity contribution in [3.63, 3.8) is 0 Å². The van der Waals surface area contributed by atoms with Crippen LogP contribution >= 0.6 is 0 Å². The molecule has 0 saturated heterocycles. The maximum Gasteiger partial charge on any atom is 0.114 e. The summed E-state index contributed by atoms with van der Waals surface area (Å²) >= 11 is 0. The molecular formula is C11H14BN. The molecular weight excluding hydrogens is 157 g/mol. The van der Waals surface area contributed by atoms with Gasteiger partial charge >= 0.3 is 0 Å². The van der Waals surface area contributed by atoms with Crippen molar-refractivity contribution in [3.8, 4) is 0 Å². The van der Waals surface area contributed by atoms with E-state index in [0.29, 0.717) is 0 Å². The first-order chi connectivity index (χ1) is 6.29. The predicted octanol–water partition coefficient (Wildman–Crippen LogP) is 2.78. The van der Waals surface area contributed by atoms with E-state index in [2.05, 4.69) is 18.8 Å². The van der Waals surface area contributed by atoms with Crippen molar-refractivity contribution < 1.29 is 0 Å². The van der Waals surface area contributed by atoms with Crippen LogP contribution in [0.25, 0.3) is 5.47 Å². The minimum Gasteiger partial charge on any atom is -0.264 e. The van der Waals surface area contributed by atoms with Gasteiger partial charge < -0.3 is 0 Å². The lowest BCUT2D eigenvalue weighted by atomic mass is 9.83. The second-order valence-corrected chi connectivity index (χ2v) is 2.97. The maximum absolute atomic E-state index is 6.00. The Morgan fingerprint density at radius 2 is 2.08 bits per heavy atom. The van der Waals surface area contributed by atoms with Gasteiger partial charge in [-0.1, -0.05) is 31.0 Å². The van der Waals surface area contributed by atoms with E-state index in [9.17, 15) is 0 Å². The van der Waals surface area contributed by atoms with Gasteiger partial charge in [0.15, 0.2) is 0 Å². The van der Waals surface area contributed by atoms with Crippen LogP contribution < -0.4 is 0 Å². The number of hydrogen-bond donors (Lipinski definition) is 0. The summed E-state index contributed by atoms with van der Waals surface area (Å²) in [5, 5.41) is 0. The minimum absolute atomic E-state index is 0.887. The zero-order chi connectivity index (χ0) is 9.68. The molecule has 0 bridgehead atoms. The van der Waals surface area contributed by atoms with E-state index in [0.717, 1.165) is 23.9 Å². The molecule has 0 aliphatic heterocycles. The highest BCUT2D eigenvalue weighted by atomic mass is 14.6. The quantitative estimate of drug-likeness (QED) is 0.637. The summed E-state index contributed by atoms with van der Waals surface area (Å²) in [6, 6.07) is 3.90. The Kier molecular flexibility index (Phi) is 3.75. The van der Waals surface area contributed by atoms with E-state index < -0.39 is 0 Å². The fourth-order valence-corrected chi connectivity index (χ4v) is 1.36. The van der Waals surface area contributed by atoms with Gasteiger partial charge in [0.05, 0.1) is 0 Å². The molecule has 0 saturated carbocycles. The average Bonchev–Trinajstić information content (AvgIpc) is 2.21. The number of pyridine rings is 1. The molecule has 1 rings (SSSR count). The van der Waals surface area contributed by atoms with Crippen molar-refractivity contribution in [1.29, 1.82) is 0 Å². The summed E-state index contributed by atoms with van der Waals surface area (Å²) in [7, 11) is 6.00. The second kappa shape index (κ2) is 4.85. The molecule has 0 N–H and O–H groups in total. The number of aromatic nitrogens is 1. The highest BCUT2D eigenvalue weighted by Gasteiger charge is 1.99. The Bertz CT molecular complexity index is 284. The molecule has 0 spiro atoms. The smallest absolute Gasteiger partial charge is 0.114 e. The summed E-state index contributed by atoms with van der Waals surface area (Å²) in [6.45, 7) is 4.25. The summed E-state index contributed by atoms with van der Waals surface area (Å²) in [5.41, 5.74) is 3.22. The molecule has 0 amide bonds. The first-order valence-corrected chi connectivity index (χ1v) is 4.67. The van der Waals surface area contributed by atoms with Crippen LogP contribution in [-0.4, -0.2) is 12.8 Å². The normalized spacial score (nSPS) is 9.69.